The lowest BCUT2D eigenvalue weighted by Crippen LogP contribution is -2.35. The first-order valence-electron chi connectivity index (χ1n) is 11.2. The molecule has 3 aromatic rings. The fourth-order valence-corrected chi connectivity index (χ4v) is 6.10. The zero-order valence-corrected chi connectivity index (χ0v) is 19.6. The molecule has 8 heteroatoms. The number of halogens is 1. The van der Waals surface area contributed by atoms with Crippen LogP contribution in [0.25, 0.3) is 0 Å². The number of amides is 1. The third kappa shape index (κ3) is 3.92. The molecule has 5 rings (SSSR count). The molecule has 1 aliphatic heterocycles. The number of anilines is 2. The van der Waals surface area contributed by atoms with Gasteiger partial charge >= 0.3 is 0 Å². The molecule has 0 radical (unpaired) electrons. The third-order valence-corrected chi connectivity index (χ3v) is 8.47. The van der Waals surface area contributed by atoms with Crippen LogP contribution in [0.3, 0.4) is 0 Å². The van der Waals surface area contributed by atoms with E-state index in [1.54, 1.807) is 48.5 Å². The van der Waals surface area contributed by atoms with Gasteiger partial charge in [0.15, 0.2) is 0 Å². The van der Waals surface area contributed by atoms with E-state index in [4.69, 9.17) is 4.74 Å². The first-order valence-corrected chi connectivity index (χ1v) is 12.6. The number of rotatable bonds is 6. The van der Waals surface area contributed by atoms with Crippen LogP contribution in [-0.2, 0) is 26.7 Å². The summed E-state index contributed by atoms with van der Waals surface area (Å²) in [5.74, 6) is 0.133. The average molecular weight is 481 g/mol. The second-order valence-electron chi connectivity index (χ2n) is 8.74. The van der Waals surface area contributed by atoms with E-state index >= 15 is 0 Å². The van der Waals surface area contributed by atoms with Crippen LogP contribution in [0.15, 0.2) is 71.6 Å². The van der Waals surface area contributed by atoms with Gasteiger partial charge in [-0.05, 0) is 91.4 Å². The summed E-state index contributed by atoms with van der Waals surface area (Å²) in [6.07, 6.45) is 2.82. The predicted octanol–water partition coefficient (Wildman–Crippen LogP) is 4.65. The van der Waals surface area contributed by atoms with Crippen molar-refractivity contribution in [2.24, 2.45) is 0 Å². The second kappa shape index (κ2) is 8.43. The molecule has 1 N–H and O–H groups in total. The van der Waals surface area contributed by atoms with Gasteiger partial charge in [-0.15, -0.1) is 0 Å². The molecule has 1 amide bonds. The molecular weight excluding hydrogens is 455 g/mol. The van der Waals surface area contributed by atoms with Crippen LogP contribution in [0.5, 0.6) is 5.75 Å². The van der Waals surface area contributed by atoms with Crippen molar-refractivity contribution in [1.82, 2.24) is 0 Å². The zero-order valence-electron chi connectivity index (χ0n) is 18.8. The number of carbonyl (C=O) groups excluding carboxylic acids is 1. The Kier molecular flexibility index (Phi) is 5.56. The van der Waals surface area contributed by atoms with Crippen LogP contribution in [0.4, 0.5) is 15.8 Å². The Bertz CT molecular complexity index is 1330. The third-order valence-electron chi connectivity index (χ3n) is 6.64. The molecule has 0 unspecified atom stereocenters. The summed E-state index contributed by atoms with van der Waals surface area (Å²) in [6, 6.07) is 17.8. The van der Waals surface area contributed by atoms with Gasteiger partial charge in [-0.3, -0.25) is 9.10 Å². The van der Waals surface area contributed by atoms with E-state index in [1.165, 1.54) is 23.5 Å². The van der Waals surface area contributed by atoms with E-state index in [0.717, 1.165) is 17.5 Å². The Morgan fingerprint density at radius 3 is 2.38 bits per heavy atom. The quantitative estimate of drug-likeness (QED) is 0.558. The van der Waals surface area contributed by atoms with Gasteiger partial charge in [0.2, 0.25) is 5.91 Å². The molecule has 1 fully saturated rings. The maximum atomic E-state index is 13.3. The first kappa shape index (κ1) is 22.4. The number of aryl methyl sites for hydroxylation is 1. The number of benzene rings is 3. The average Bonchev–Trinajstić information content (AvgIpc) is 3.66. The summed E-state index contributed by atoms with van der Waals surface area (Å²) in [5, 5.41) is 2.99. The predicted molar refractivity (Wildman–Crippen MR) is 128 cm³/mol. The number of methoxy groups -OCH3 is 1. The standard InChI is InChI=1S/C26H25FN2O4S/c1-33-22-9-11-23(12-10-22)34(31,32)29-16-2-3-18-17-21(8-13-24(18)29)28-25(30)26(14-15-26)19-4-6-20(27)7-5-19/h4-13,17H,2-3,14-16H2,1H3,(H,28,30). The Morgan fingerprint density at radius 1 is 1.03 bits per heavy atom. The van der Waals surface area contributed by atoms with E-state index < -0.39 is 15.4 Å². The van der Waals surface area contributed by atoms with Crippen molar-refractivity contribution in [3.8, 4) is 5.75 Å². The number of ether oxygens (including phenoxy) is 1. The van der Waals surface area contributed by atoms with Crippen LogP contribution in [-0.4, -0.2) is 28.0 Å². The van der Waals surface area contributed by atoms with Crippen LogP contribution >= 0.6 is 0 Å². The Labute approximate surface area is 198 Å². The molecule has 0 saturated heterocycles. The largest absolute Gasteiger partial charge is 0.497 e. The number of sulfonamides is 1. The maximum Gasteiger partial charge on any atom is 0.264 e. The molecule has 176 valence electrons. The molecule has 0 atom stereocenters. The molecule has 1 heterocycles. The summed E-state index contributed by atoms with van der Waals surface area (Å²) < 4.78 is 46.5. The van der Waals surface area contributed by atoms with Crippen molar-refractivity contribution in [2.75, 3.05) is 23.3 Å². The molecule has 0 aromatic heterocycles. The van der Waals surface area contributed by atoms with Gasteiger partial charge in [0.25, 0.3) is 10.0 Å². The van der Waals surface area contributed by atoms with Crippen molar-refractivity contribution in [1.29, 1.82) is 0 Å². The highest BCUT2D eigenvalue weighted by Crippen LogP contribution is 2.49. The number of fused-ring (bicyclic) bond motifs is 1. The van der Waals surface area contributed by atoms with E-state index in [-0.39, 0.29) is 16.6 Å². The van der Waals surface area contributed by atoms with Crippen molar-refractivity contribution in [2.45, 2.75) is 36.0 Å². The molecule has 2 aliphatic rings. The van der Waals surface area contributed by atoms with E-state index in [1.807, 2.05) is 6.07 Å². The zero-order chi connectivity index (χ0) is 23.9. The van der Waals surface area contributed by atoms with E-state index in [2.05, 4.69) is 5.32 Å². The first-order chi connectivity index (χ1) is 16.3. The summed E-state index contributed by atoms with van der Waals surface area (Å²) >= 11 is 0. The number of hydrogen-bond donors (Lipinski definition) is 1. The van der Waals surface area contributed by atoms with Gasteiger partial charge in [0.05, 0.1) is 23.1 Å². The molecule has 3 aromatic carbocycles. The Hall–Kier alpha value is -3.39. The van der Waals surface area contributed by atoms with Crippen LogP contribution in [0.1, 0.15) is 30.4 Å². The van der Waals surface area contributed by atoms with Gasteiger partial charge in [0, 0.05) is 12.2 Å². The minimum absolute atomic E-state index is 0.127. The van der Waals surface area contributed by atoms with Crippen LogP contribution < -0.4 is 14.4 Å². The number of nitrogens with one attached hydrogen (secondary N) is 1. The summed E-state index contributed by atoms with van der Waals surface area (Å²) in [7, 11) is -2.20. The smallest absolute Gasteiger partial charge is 0.264 e. The topological polar surface area (TPSA) is 75.7 Å². The molecule has 1 aliphatic carbocycles. The lowest BCUT2D eigenvalue weighted by atomic mass is 9.94. The lowest BCUT2D eigenvalue weighted by Gasteiger charge is -2.31. The van der Waals surface area contributed by atoms with Crippen LogP contribution in [0, 0.1) is 5.82 Å². The van der Waals surface area contributed by atoms with Gasteiger partial charge in [0.1, 0.15) is 11.6 Å². The highest BCUT2D eigenvalue weighted by Gasteiger charge is 2.51. The lowest BCUT2D eigenvalue weighted by molar-refractivity contribution is -0.118. The highest BCUT2D eigenvalue weighted by molar-refractivity contribution is 7.92. The van der Waals surface area contributed by atoms with Gasteiger partial charge in [-0.1, -0.05) is 12.1 Å². The normalized spacial score (nSPS) is 16.5. The van der Waals surface area contributed by atoms with Crippen molar-refractivity contribution < 1.29 is 22.3 Å². The summed E-state index contributed by atoms with van der Waals surface area (Å²) in [4.78, 5) is 13.3. The number of carbonyl (C=O) groups is 1. The van der Waals surface area contributed by atoms with Gasteiger partial charge in [-0.25, -0.2) is 12.8 Å². The summed E-state index contributed by atoms with van der Waals surface area (Å²) in [5.41, 5.74) is 2.29. The highest BCUT2D eigenvalue weighted by atomic mass is 32.2. The fraction of sp³-hybridized carbons (Fsp3) is 0.269. The molecule has 6 nitrogen and oxygen atoms in total. The Balaban J connectivity index is 1.38. The molecule has 1 saturated carbocycles. The van der Waals surface area contributed by atoms with E-state index in [0.29, 0.717) is 42.9 Å². The van der Waals surface area contributed by atoms with E-state index in [9.17, 15) is 17.6 Å². The molecular formula is C26H25FN2O4S. The van der Waals surface area contributed by atoms with Crippen LogP contribution in [0.2, 0.25) is 0 Å². The Morgan fingerprint density at radius 2 is 1.74 bits per heavy atom. The van der Waals surface area contributed by atoms with Gasteiger partial charge < -0.3 is 10.1 Å². The number of hydrogen-bond acceptors (Lipinski definition) is 4. The minimum atomic E-state index is -3.73. The maximum absolute atomic E-state index is 13.3. The van der Waals surface area contributed by atoms with Gasteiger partial charge in [-0.2, -0.15) is 0 Å². The van der Waals surface area contributed by atoms with Crippen molar-refractivity contribution >= 4 is 27.3 Å². The molecule has 0 spiro atoms. The summed E-state index contributed by atoms with van der Waals surface area (Å²) in [6.45, 7) is 0.390. The molecule has 34 heavy (non-hydrogen) atoms. The SMILES string of the molecule is COc1ccc(S(=O)(=O)N2CCCc3cc(NC(=O)C4(c5ccc(F)cc5)CC4)ccc32)cc1. The molecule has 0 bridgehead atoms. The van der Waals surface area contributed by atoms with Crippen molar-refractivity contribution in [3.63, 3.8) is 0 Å². The fourth-order valence-electron chi connectivity index (χ4n) is 4.56. The number of nitrogens with zero attached hydrogens (tertiary/aromatic N) is 1. The van der Waals surface area contributed by atoms with Crippen molar-refractivity contribution in [3.05, 3.63) is 83.7 Å². The minimum Gasteiger partial charge on any atom is -0.497 e. The monoisotopic (exact) mass is 480 g/mol. The second-order valence-corrected chi connectivity index (χ2v) is 10.6.